The second kappa shape index (κ2) is 10.4. The van der Waals surface area contributed by atoms with Gasteiger partial charge in [-0.2, -0.15) is 0 Å². The van der Waals surface area contributed by atoms with Gasteiger partial charge in [-0.25, -0.2) is 9.97 Å². The summed E-state index contributed by atoms with van der Waals surface area (Å²) >= 11 is 1.58. The Morgan fingerprint density at radius 1 is 1.08 bits per heavy atom. The first-order valence-electron chi connectivity index (χ1n) is 12.4. The Bertz CT molecular complexity index is 1280. The second-order valence-corrected chi connectivity index (χ2v) is 10.5. The fraction of sp³-hybridized carbons (Fsp3) is 0.407. The third-order valence-corrected chi connectivity index (χ3v) is 7.77. The zero-order valence-electron chi connectivity index (χ0n) is 20.9. The molecule has 3 aromatic rings. The highest BCUT2D eigenvalue weighted by atomic mass is 32.2. The summed E-state index contributed by atoms with van der Waals surface area (Å²) in [7, 11) is 0. The van der Waals surface area contributed by atoms with Crippen molar-refractivity contribution < 1.29 is 9.59 Å². The molecule has 2 aromatic carbocycles. The maximum Gasteiger partial charge on any atom is 0.255 e. The van der Waals surface area contributed by atoms with Gasteiger partial charge in [-0.1, -0.05) is 38.1 Å². The van der Waals surface area contributed by atoms with Crippen molar-refractivity contribution in [1.29, 1.82) is 0 Å². The minimum Gasteiger partial charge on any atom is -0.358 e. The Balaban J connectivity index is 1.46. The van der Waals surface area contributed by atoms with Crippen molar-refractivity contribution in [3.8, 4) is 0 Å². The van der Waals surface area contributed by atoms with E-state index in [-0.39, 0.29) is 23.8 Å². The quantitative estimate of drug-likeness (QED) is 0.529. The lowest BCUT2D eigenvalue weighted by atomic mass is 10.0. The molecule has 2 amide bonds. The molecule has 188 valence electrons. The zero-order valence-corrected chi connectivity index (χ0v) is 21.7. The lowest BCUT2D eigenvalue weighted by Crippen LogP contribution is -2.58. The van der Waals surface area contributed by atoms with Gasteiger partial charge in [0.25, 0.3) is 5.91 Å². The number of hydrogen-bond acceptors (Lipinski definition) is 7. The minimum atomic E-state index is -0.433. The molecule has 36 heavy (non-hydrogen) atoms. The topological polar surface area (TPSA) is 90.5 Å². The Morgan fingerprint density at radius 3 is 2.67 bits per heavy atom. The van der Waals surface area contributed by atoms with Crippen molar-refractivity contribution >= 4 is 40.3 Å². The highest BCUT2D eigenvalue weighted by molar-refractivity contribution is 7.98. The molecule has 9 heteroatoms. The Kier molecular flexibility index (Phi) is 7.11. The molecule has 2 atom stereocenters. The standard InChI is InChI=1S/C27H32N6O2S/c1-17(2)24-26(34)28-14-18-15-33(27(35)20-9-5-7-11-22(20)36-3)13-12-32(18)16-23-29-21-10-6-4-8-19(21)25(30-23)31-24/h4-11,17-18,24H,12-16H2,1-3H3,(H,28,34)(H,29,30,31)/t18?,24-/m0/s1. The third kappa shape index (κ3) is 4.90. The van der Waals surface area contributed by atoms with Gasteiger partial charge in [0.1, 0.15) is 17.7 Å². The molecule has 1 saturated heterocycles. The van der Waals surface area contributed by atoms with Crippen LogP contribution >= 0.6 is 11.8 Å². The van der Waals surface area contributed by atoms with Crippen LogP contribution in [0.4, 0.5) is 5.82 Å². The van der Waals surface area contributed by atoms with Crippen LogP contribution in [-0.4, -0.2) is 76.1 Å². The predicted molar refractivity (Wildman–Crippen MR) is 143 cm³/mol. The first-order chi connectivity index (χ1) is 17.4. The van der Waals surface area contributed by atoms with Crippen LogP contribution < -0.4 is 10.6 Å². The SMILES string of the molecule is CSc1ccccc1C(=O)N1CCN2Cc3nc(c4ccccc4n3)N[C@@H](C(C)C)C(=O)NCC2C1. The molecule has 1 unspecified atom stereocenters. The van der Waals surface area contributed by atoms with E-state index in [4.69, 9.17) is 9.97 Å². The maximum absolute atomic E-state index is 13.5. The molecule has 5 rings (SSSR count). The van der Waals surface area contributed by atoms with Gasteiger partial charge in [0.05, 0.1) is 17.6 Å². The molecule has 0 radical (unpaired) electrons. The molecule has 0 aliphatic carbocycles. The number of hydrogen-bond donors (Lipinski definition) is 2. The van der Waals surface area contributed by atoms with E-state index in [0.29, 0.717) is 44.4 Å². The Labute approximate surface area is 215 Å². The van der Waals surface area contributed by atoms with Crippen LogP contribution in [0.25, 0.3) is 10.9 Å². The summed E-state index contributed by atoms with van der Waals surface area (Å²) in [6, 6.07) is 15.1. The van der Waals surface area contributed by atoms with E-state index in [1.807, 2.05) is 73.5 Å². The van der Waals surface area contributed by atoms with Crippen molar-refractivity contribution in [3.05, 3.63) is 59.9 Å². The van der Waals surface area contributed by atoms with E-state index in [2.05, 4.69) is 15.5 Å². The number of para-hydroxylation sites is 1. The van der Waals surface area contributed by atoms with Crippen molar-refractivity contribution in [3.63, 3.8) is 0 Å². The number of amides is 2. The molecule has 0 spiro atoms. The van der Waals surface area contributed by atoms with Gasteiger partial charge in [0.2, 0.25) is 5.91 Å². The normalized spacial score (nSPS) is 20.9. The van der Waals surface area contributed by atoms with Gasteiger partial charge < -0.3 is 15.5 Å². The van der Waals surface area contributed by atoms with Crippen LogP contribution in [0.1, 0.15) is 30.0 Å². The monoisotopic (exact) mass is 504 g/mol. The van der Waals surface area contributed by atoms with E-state index in [1.165, 1.54) is 0 Å². The largest absolute Gasteiger partial charge is 0.358 e. The highest BCUT2D eigenvalue weighted by Gasteiger charge is 2.33. The number of carbonyl (C=O) groups is 2. The summed E-state index contributed by atoms with van der Waals surface area (Å²) in [5.41, 5.74) is 1.58. The van der Waals surface area contributed by atoms with Crippen molar-refractivity contribution in [2.24, 2.45) is 5.92 Å². The Hall–Kier alpha value is -3.17. The van der Waals surface area contributed by atoms with Gasteiger partial charge in [-0.05, 0) is 36.4 Å². The highest BCUT2D eigenvalue weighted by Crippen LogP contribution is 2.26. The van der Waals surface area contributed by atoms with Crippen LogP contribution in [-0.2, 0) is 11.3 Å². The summed E-state index contributed by atoms with van der Waals surface area (Å²) in [6.07, 6.45) is 1.99. The van der Waals surface area contributed by atoms with Gasteiger partial charge in [0.15, 0.2) is 0 Å². The predicted octanol–water partition coefficient (Wildman–Crippen LogP) is 3.24. The van der Waals surface area contributed by atoms with Crippen molar-refractivity contribution in [1.82, 2.24) is 25.1 Å². The van der Waals surface area contributed by atoms with E-state index < -0.39 is 6.04 Å². The number of rotatable bonds is 3. The second-order valence-electron chi connectivity index (χ2n) is 9.69. The first-order valence-corrected chi connectivity index (χ1v) is 13.6. The fourth-order valence-corrected chi connectivity index (χ4v) is 5.56. The van der Waals surface area contributed by atoms with E-state index in [1.54, 1.807) is 11.8 Å². The lowest BCUT2D eigenvalue weighted by Gasteiger charge is -2.41. The van der Waals surface area contributed by atoms with Crippen molar-refractivity contribution in [2.45, 2.75) is 37.4 Å². The molecule has 2 bridgehead atoms. The van der Waals surface area contributed by atoms with Crippen LogP contribution in [0.3, 0.4) is 0 Å². The average Bonchev–Trinajstić information content (AvgIpc) is 2.91. The minimum absolute atomic E-state index is 0.0335. The number of nitrogens with zero attached hydrogens (tertiary/aromatic N) is 4. The summed E-state index contributed by atoms with van der Waals surface area (Å²) < 4.78 is 0. The third-order valence-electron chi connectivity index (χ3n) is 6.98. The van der Waals surface area contributed by atoms with E-state index in [0.717, 1.165) is 21.4 Å². The molecule has 0 saturated carbocycles. The summed E-state index contributed by atoms with van der Waals surface area (Å²) in [4.78, 5) is 41.6. The van der Waals surface area contributed by atoms with E-state index in [9.17, 15) is 9.59 Å². The van der Waals surface area contributed by atoms with E-state index >= 15 is 0 Å². The van der Waals surface area contributed by atoms with Crippen LogP contribution in [0, 0.1) is 5.92 Å². The number of nitrogens with one attached hydrogen (secondary N) is 2. The summed E-state index contributed by atoms with van der Waals surface area (Å²) in [6.45, 7) is 6.88. The number of benzene rings is 2. The summed E-state index contributed by atoms with van der Waals surface area (Å²) in [5.74, 6) is 1.43. The molecule has 2 N–H and O–H groups in total. The van der Waals surface area contributed by atoms with Crippen molar-refractivity contribution in [2.75, 3.05) is 37.8 Å². The first kappa shape index (κ1) is 24.5. The molecule has 2 aliphatic heterocycles. The number of anilines is 1. The molecular weight excluding hydrogens is 472 g/mol. The maximum atomic E-state index is 13.5. The molecule has 1 fully saturated rings. The Morgan fingerprint density at radius 2 is 1.86 bits per heavy atom. The van der Waals surface area contributed by atoms with Gasteiger partial charge in [-0.15, -0.1) is 11.8 Å². The number of thioether (sulfide) groups is 1. The average molecular weight is 505 g/mol. The molecule has 1 aromatic heterocycles. The van der Waals surface area contributed by atoms with Gasteiger partial charge in [-0.3, -0.25) is 14.5 Å². The molecular formula is C27H32N6O2S. The molecule has 2 aliphatic rings. The van der Waals surface area contributed by atoms with Gasteiger partial charge >= 0.3 is 0 Å². The molecule has 3 heterocycles. The number of carbonyl (C=O) groups excluding carboxylic acids is 2. The number of piperazine rings is 1. The van der Waals surface area contributed by atoms with Crippen LogP contribution in [0.15, 0.2) is 53.4 Å². The summed E-state index contributed by atoms with van der Waals surface area (Å²) in [5, 5.41) is 7.46. The lowest BCUT2D eigenvalue weighted by molar-refractivity contribution is -0.123. The van der Waals surface area contributed by atoms with Gasteiger partial charge in [0, 0.05) is 42.5 Å². The van der Waals surface area contributed by atoms with Crippen LogP contribution in [0.5, 0.6) is 0 Å². The number of aromatic nitrogens is 2. The molecule has 8 nitrogen and oxygen atoms in total. The smallest absolute Gasteiger partial charge is 0.255 e. The zero-order chi connectivity index (χ0) is 25.2. The fourth-order valence-electron chi connectivity index (χ4n) is 4.97. The number of fused-ring (bicyclic) bond motifs is 5. The van der Waals surface area contributed by atoms with Crippen LogP contribution in [0.2, 0.25) is 0 Å².